The molecule has 3 nitrogen and oxygen atoms in total. The number of methoxy groups -OCH3 is 1. The summed E-state index contributed by atoms with van der Waals surface area (Å²) in [5.74, 6) is 1.40. The molecule has 0 aromatic heterocycles. The second-order valence-electron chi connectivity index (χ2n) is 5.12. The minimum Gasteiger partial charge on any atom is -0.496 e. The van der Waals surface area contributed by atoms with E-state index in [-0.39, 0.29) is 0 Å². The Balaban J connectivity index is 2.02. The van der Waals surface area contributed by atoms with Crippen LogP contribution in [-0.4, -0.2) is 43.1 Å². The largest absolute Gasteiger partial charge is 0.496 e. The molecule has 19 heavy (non-hydrogen) atoms. The Hall–Kier alpha value is -0.710. The molecule has 1 fully saturated rings. The van der Waals surface area contributed by atoms with Gasteiger partial charge in [-0.2, -0.15) is 0 Å². The summed E-state index contributed by atoms with van der Waals surface area (Å²) < 4.78 is 5.43. The molecule has 2 rings (SSSR count). The molecule has 1 unspecified atom stereocenters. The Morgan fingerprint density at radius 1 is 1.47 bits per heavy atom. The quantitative estimate of drug-likeness (QED) is 0.841. The van der Waals surface area contributed by atoms with Crippen LogP contribution in [0.1, 0.15) is 18.4 Å². The maximum absolute atomic E-state index is 9.28. The first-order valence-electron chi connectivity index (χ1n) is 6.81. The van der Waals surface area contributed by atoms with E-state index in [9.17, 15) is 5.11 Å². The fraction of sp³-hybridized carbons (Fsp3) is 0.600. The van der Waals surface area contributed by atoms with E-state index >= 15 is 0 Å². The number of hydrogen-bond donors (Lipinski definition) is 1. The third-order valence-corrected chi connectivity index (χ3v) is 4.49. The van der Waals surface area contributed by atoms with E-state index in [1.807, 2.05) is 0 Å². The number of hydrogen-bond acceptors (Lipinski definition) is 4. The van der Waals surface area contributed by atoms with Gasteiger partial charge in [-0.3, -0.25) is 4.90 Å². The van der Waals surface area contributed by atoms with Crippen LogP contribution in [0.2, 0.25) is 0 Å². The molecular formula is C15H23NO2S. The first kappa shape index (κ1) is 14.7. The Labute approximate surface area is 120 Å². The van der Waals surface area contributed by atoms with Gasteiger partial charge in [0.05, 0.1) is 7.11 Å². The lowest BCUT2D eigenvalue weighted by Gasteiger charge is -2.31. The van der Waals surface area contributed by atoms with Crippen molar-refractivity contribution in [3.8, 4) is 5.75 Å². The Morgan fingerprint density at radius 3 is 3.00 bits per heavy atom. The molecule has 0 spiro atoms. The summed E-state index contributed by atoms with van der Waals surface area (Å²) in [7, 11) is 1.72. The van der Waals surface area contributed by atoms with Gasteiger partial charge in [0.1, 0.15) is 5.75 Å². The number of aliphatic hydroxyl groups is 1. The van der Waals surface area contributed by atoms with Crippen molar-refractivity contribution in [2.75, 3.05) is 33.1 Å². The summed E-state index contributed by atoms with van der Waals surface area (Å²) in [4.78, 5) is 3.61. The highest BCUT2D eigenvalue weighted by Crippen LogP contribution is 2.29. The molecule has 1 heterocycles. The Kier molecular flexibility index (Phi) is 5.55. The fourth-order valence-corrected chi connectivity index (χ4v) is 3.23. The summed E-state index contributed by atoms with van der Waals surface area (Å²) in [5.41, 5.74) is 1.29. The van der Waals surface area contributed by atoms with Crippen molar-refractivity contribution in [3.05, 3.63) is 23.8 Å². The SMILES string of the molecule is COc1cc(CN2CCCC(CO)C2)ccc1SC. The van der Waals surface area contributed by atoms with Crippen LogP contribution in [0.4, 0.5) is 0 Å². The van der Waals surface area contributed by atoms with Crippen LogP contribution < -0.4 is 4.74 Å². The van der Waals surface area contributed by atoms with E-state index in [0.717, 1.165) is 31.8 Å². The predicted octanol–water partition coefficient (Wildman–Crippen LogP) is 2.62. The molecule has 0 radical (unpaired) electrons. The summed E-state index contributed by atoms with van der Waals surface area (Å²) in [6.45, 7) is 3.39. The van der Waals surface area contributed by atoms with Gasteiger partial charge in [-0.25, -0.2) is 0 Å². The van der Waals surface area contributed by atoms with E-state index < -0.39 is 0 Å². The molecule has 1 aliphatic heterocycles. The first-order chi connectivity index (χ1) is 9.26. The fourth-order valence-electron chi connectivity index (χ4n) is 2.68. The van der Waals surface area contributed by atoms with Gasteiger partial charge in [-0.15, -0.1) is 11.8 Å². The maximum atomic E-state index is 9.28. The number of nitrogens with zero attached hydrogens (tertiary/aromatic N) is 1. The third-order valence-electron chi connectivity index (χ3n) is 3.72. The minimum absolute atomic E-state index is 0.311. The summed E-state index contributed by atoms with van der Waals surface area (Å²) in [6.07, 6.45) is 4.40. The van der Waals surface area contributed by atoms with Crippen LogP contribution in [0.15, 0.2) is 23.1 Å². The van der Waals surface area contributed by atoms with Crippen LogP contribution >= 0.6 is 11.8 Å². The third kappa shape index (κ3) is 3.88. The van der Waals surface area contributed by atoms with Crippen LogP contribution in [0.3, 0.4) is 0 Å². The molecule has 0 bridgehead atoms. The lowest BCUT2D eigenvalue weighted by atomic mass is 9.98. The number of likely N-dealkylation sites (tertiary alicyclic amines) is 1. The van der Waals surface area contributed by atoms with Crippen LogP contribution in [-0.2, 0) is 6.54 Å². The second kappa shape index (κ2) is 7.17. The lowest BCUT2D eigenvalue weighted by molar-refractivity contribution is 0.116. The highest BCUT2D eigenvalue weighted by molar-refractivity contribution is 7.98. The smallest absolute Gasteiger partial charge is 0.132 e. The van der Waals surface area contributed by atoms with Crippen molar-refractivity contribution in [3.63, 3.8) is 0 Å². The molecule has 1 aromatic carbocycles. The topological polar surface area (TPSA) is 32.7 Å². The van der Waals surface area contributed by atoms with Gasteiger partial charge in [0.15, 0.2) is 0 Å². The van der Waals surface area contributed by atoms with E-state index in [2.05, 4.69) is 29.4 Å². The molecule has 1 aliphatic rings. The normalized spacial score (nSPS) is 20.5. The minimum atomic E-state index is 0.311. The Bertz CT molecular complexity index is 411. The summed E-state index contributed by atoms with van der Waals surface area (Å²) in [6, 6.07) is 6.44. The van der Waals surface area contributed by atoms with Gasteiger partial charge in [0.25, 0.3) is 0 Å². The Morgan fingerprint density at radius 2 is 2.32 bits per heavy atom. The van der Waals surface area contributed by atoms with Crippen LogP contribution in [0.25, 0.3) is 0 Å². The molecule has 1 atom stereocenters. The van der Waals surface area contributed by atoms with Crippen molar-refractivity contribution in [1.29, 1.82) is 0 Å². The van der Waals surface area contributed by atoms with Crippen LogP contribution in [0, 0.1) is 5.92 Å². The van der Waals surface area contributed by atoms with Gasteiger partial charge < -0.3 is 9.84 Å². The summed E-state index contributed by atoms with van der Waals surface area (Å²) >= 11 is 1.71. The van der Waals surface area contributed by atoms with Crippen molar-refractivity contribution in [1.82, 2.24) is 4.90 Å². The number of thioether (sulfide) groups is 1. The maximum Gasteiger partial charge on any atom is 0.132 e. The number of benzene rings is 1. The average molecular weight is 281 g/mol. The standard InChI is InChI=1S/C15H23NO2S/c1-18-14-8-12(5-6-15(14)19-2)9-16-7-3-4-13(10-16)11-17/h5-6,8,13,17H,3-4,7,9-11H2,1-2H3. The summed E-state index contributed by atoms with van der Waals surface area (Å²) in [5, 5.41) is 9.28. The molecule has 0 saturated carbocycles. The zero-order valence-electron chi connectivity index (χ0n) is 11.8. The predicted molar refractivity (Wildman–Crippen MR) is 79.9 cm³/mol. The lowest BCUT2D eigenvalue weighted by Crippen LogP contribution is -2.36. The zero-order valence-corrected chi connectivity index (χ0v) is 12.6. The molecule has 1 saturated heterocycles. The van der Waals surface area contributed by atoms with E-state index in [1.54, 1.807) is 18.9 Å². The highest BCUT2D eigenvalue weighted by Gasteiger charge is 2.19. The van der Waals surface area contributed by atoms with Crippen molar-refractivity contribution in [2.45, 2.75) is 24.3 Å². The number of aliphatic hydroxyl groups excluding tert-OH is 1. The van der Waals surface area contributed by atoms with E-state index in [0.29, 0.717) is 12.5 Å². The molecular weight excluding hydrogens is 258 g/mol. The van der Waals surface area contributed by atoms with Gasteiger partial charge in [0.2, 0.25) is 0 Å². The van der Waals surface area contributed by atoms with Gasteiger partial charge in [0, 0.05) is 24.6 Å². The molecule has 0 aliphatic carbocycles. The molecule has 4 heteroatoms. The van der Waals surface area contributed by atoms with Gasteiger partial charge in [-0.1, -0.05) is 6.07 Å². The number of ether oxygens (including phenoxy) is 1. The van der Waals surface area contributed by atoms with Crippen LogP contribution in [0.5, 0.6) is 5.75 Å². The molecule has 1 aromatic rings. The highest BCUT2D eigenvalue weighted by atomic mass is 32.2. The van der Waals surface area contributed by atoms with E-state index in [1.165, 1.54) is 16.9 Å². The van der Waals surface area contributed by atoms with Crippen molar-refractivity contribution in [2.24, 2.45) is 5.92 Å². The van der Waals surface area contributed by atoms with Gasteiger partial charge in [-0.05, 0) is 49.3 Å². The first-order valence-corrected chi connectivity index (χ1v) is 8.03. The molecule has 0 amide bonds. The van der Waals surface area contributed by atoms with E-state index in [4.69, 9.17) is 4.74 Å². The number of piperidine rings is 1. The van der Waals surface area contributed by atoms with Crippen molar-refractivity contribution >= 4 is 11.8 Å². The molecule has 1 N–H and O–H groups in total. The monoisotopic (exact) mass is 281 g/mol. The average Bonchev–Trinajstić information content (AvgIpc) is 2.47. The second-order valence-corrected chi connectivity index (χ2v) is 5.96. The molecule has 106 valence electrons. The van der Waals surface area contributed by atoms with Crippen molar-refractivity contribution < 1.29 is 9.84 Å². The number of rotatable bonds is 5. The zero-order chi connectivity index (χ0) is 13.7. The van der Waals surface area contributed by atoms with Gasteiger partial charge >= 0.3 is 0 Å².